The lowest BCUT2D eigenvalue weighted by Gasteiger charge is -2.09. The molecule has 0 fully saturated rings. The Bertz CT molecular complexity index is 720. The second-order valence-electron chi connectivity index (χ2n) is 6.23. The van der Waals surface area contributed by atoms with E-state index < -0.39 is 11.7 Å². The second kappa shape index (κ2) is 7.67. The zero-order valence-electron chi connectivity index (χ0n) is 14.4. The number of carbonyl (C=O) groups is 1. The molecule has 1 N–H and O–H groups in total. The summed E-state index contributed by atoms with van der Waals surface area (Å²) in [6.45, 7) is 5.88. The Kier molecular flexibility index (Phi) is 5.81. The van der Waals surface area contributed by atoms with Gasteiger partial charge in [-0.3, -0.25) is 4.79 Å². The van der Waals surface area contributed by atoms with Crippen LogP contribution in [-0.2, 0) is 23.8 Å². The van der Waals surface area contributed by atoms with Crippen LogP contribution in [0.3, 0.4) is 0 Å². The van der Waals surface area contributed by atoms with Crippen molar-refractivity contribution in [3.8, 4) is 5.69 Å². The van der Waals surface area contributed by atoms with Crippen molar-refractivity contribution in [3.63, 3.8) is 0 Å². The summed E-state index contributed by atoms with van der Waals surface area (Å²) in [6.07, 6.45) is -3.27. The highest BCUT2D eigenvalue weighted by Gasteiger charge is 2.30. The summed E-state index contributed by atoms with van der Waals surface area (Å²) in [5, 5.41) is 7.10. The average molecular weight is 354 g/mol. The molecule has 1 heterocycles. The smallest absolute Gasteiger partial charge is 0.356 e. The number of amides is 1. The van der Waals surface area contributed by atoms with Crippen molar-refractivity contribution < 1.29 is 18.0 Å². The Labute approximate surface area is 144 Å². The zero-order valence-corrected chi connectivity index (χ0v) is 14.4. The van der Waals surface area contributed by atoms with Crippen molar-refractivity contribution in [1.29, 1.82) is 0 Å². The SMILES string of the molecule is CC(=O)NCCc1nc(CC(C)C)nn1-c1ccc(C(F)(F)F)cc1. The number of halogens is 3. The van der Waals surface area contributed by atoms with Crippen molar-refractivity contribution in [2.75, 3.05) is 6.54 Å². The molecule has 2 aromatic rings. The van der Waals surface area contributed by atoms with E-state index in [0.717, 1.165) is 12.1 Å². The van der Waals surface area contributed by atoms with Gasteiger partial charge in [-0.05, 0) is 30.2 Å². The number of hydrogen-bond acceptors (Lipinski definition) is 3. The number of benzene rings is 1. The molecule has 2 rings (SSSR count). The predicted octanol–water partition coefficient (Wildman–Crippen LogP) is 3.16. The molecule has 0 saturated heterocycles. The molecule has 0 radical (unpaired) electrons. The Morgan fingerprint density at radius 2 is 1.88 bits per heavy atom. The van der Waals surface area contributed by atoms with Crippen LogP contribution in [0.2, 0.25) is 0 Å². The highest BCUT2D eigenvalue weighted by Crippen LogP contribution is 2.29. The van der Waals surface area contributed by atoms with Crippen LogP contribution < -0.4 is 5.32 Å². The Hall–Kier alpha value is -2.38. The molecule has 0 atom stereocenters. The highest BCUT2D eigenvalue weighted by molar-refractivity contribution is 5.72. The first kappa shape index (κ1) is 19.0. The standard InChI is InChI=1S/C17H21F3N4O/c1-11(2)10-15-22-16(8-9-21-12(3)25)24(23-15)14-6-4-13(5-7-14)17(18,19)20/h4-7,11H,8-10H2,1-3H3,(H,21,25). The first-order chi connectivity index (χ1) is 11.7. The third-order valence-electron chi connectivity index (χ3n) is 3.47. The van der Waals surface area contributed by atoms with Gasteiger partial charge in [0, 0.05) is 26.3 Å². The van der Waals surface area contributed by atoms with Gasteiger partial charge in [0.05, 0.1) is 11.3 Å². The maximum atomic E-state index is 12.7. The number of nitrogens with zero attached hydrogens (tertiary/aromatic N) is 3. The second-order valence-corrected chi connectivity index (χ2v) is 6.23. The molecule has 25 heavy (non-hydrogen) atoms. The molecule has 0 aliphatic heterocycles. The molecular weight excluding hydrogens is 333 g/mol. The summed E-state index contributed by atoms with van der Waals surface area (Å²) < 4.78 is 39.7. The molecule has 0 aliphatic rings. The van der Waals surface area contributed by atoms with Crippen LogP contribution in [0.1, 0.15) is 38.0 Å². The lowest BCUT2D eigenvalue weighted by atomic mass is 10.1. The zero-order chi connectivity index (χ0) is 18.6. The molecular formula is C17H21F3N4O. The summed E-state index contributed by atoms with van der Waals surface area (Å²) in [5.41, 5.74) is -0.202. The number of carbonyl (C=O) groups excluding carboxylic acids is 1. The van der Waals surface area contributed by atoms with Gasteiger partial charge in [0.1, 0.15) is 5.82 Å². The molecule has 0 aliphatic carbocycles. The lowest BCUT2D eigenvalue weighted by Crippen LogP contribution is -2.23. The van der Waals surface area contributed by atoms with E-state index in [4.69, 9.17) is 0 Å². The number of nitrogens with one attached hydrogen (secondary N) is 1. The maximum Gasteiger partial charge on any atom is 0.416 e. The minimum Gasteiger partial charge on any atom is -0.356 e. The number of hydrogen-bond donors (Lipinski definition) is 1. The van der Waals surface area contributed by atoms with Gasteiger partial charge in [-0.15, -0.1) is 0 Å². The summed E-state index contributed by atoms with van der Waals surface area (Å²) in [4.78, 5) is 15.5. The van der Waals surface area contributed by atoms with E-state index >= 15 is 0 Å². The van der Waals surface area contributed by atoms with Crippen LogP contribution in [0.4, 0.5) is 13.2 Å². The molecule has 0 unspecified atom stereocenters. The predicted molar refractivity (Wildman–Crippen MR) is 87.3 cm³/mol. The van der Waals surface area contributed by atoms with Crippen LogP contribution in [0.25, 0.3) is 5.69 Å². The molecule has 0 bridgehead atoms. The summed E-state index contributed by atoms with van der Waals surface area (Å²) in [6, 6.07) is 4.80. The van der Waals surface area contributed by atoms with Crippen LogP contribution in [0.15, 0.2) is 24.3 Å². The van der Waals surface area contributed by atoms with Crippen molar-refractivity contribution in [2.24, 2.45) is 5.92 Å². The van der Waals surface area contributed by atoms with Crippen LogP contribution in [0, 0.1) is 5.92 Å². The van der Waals surface area contributed by atoms with E-state index in [1.165, 1.54) is 19.1 Å². The average Bonchev–Trinajstić information content (AvgIpc) is 2.88. The molecule has 1 aromatic heterocycles. The molecule has 8 heteroatoms. The first-order valence-corrected chi connectivity index (χ1v) is 8.03. The third-order valence-corrected chi connectivity index (χ3v) is 3.47. The van der Waals surface area contributed by atoms with E-state index in [1.54, 1.807) is 4.68 Å². The van der Waals surface area contributed by atoms with Gasteiger partial charge in [-0.25, -0.2) is 9.67 Å². The first-order valence-electron chi connectivity index (χ1n) is 8.03. The summed E-state index contributed by atoms with van der Waals surface area (Å²) in [7, 11) is 0. The van der Waals surface area contributed by atoms with Gasteiger partial charge in [0.15, 0.2) is 5.82 Å². The van der Waals surface area contributed by atoms with E-state index in [9.17, 15) is 18.0 Å². The fourth-order valence-corrected chi connectivity index (χ4v) is 2.35. The summed E-state index contributed by atoms with van der Waals surface area (Å²) >= 11 is 0. The van der Waals surface area contributed by atoms with Gasteiger partial charge in [-0.2, -0.15) is 18.3 Å². The van der Waals surface area contributed by atoms with Gasteiger partial charge in [-0.1, -0.05) is 13.8 Å². The quantitative estimate of drug-likeness (QED) is 0.867. The molecule has 136 valence electrons. The van der Waals surface area contributed by atoms with Crippen molar-refractivity contribution in [1.82, 2.24) is 20.1 Å². The normalized spacial score (nSPS) is 11.8. The van der Waals surface area contributed by atoms with Crippen LogP contribution in [-0.4, -0.2) is 27.2 Å². The van der Waals surface area contributed by atoms with Crippen molar-refractivity contribution in [2.45, 2.75) is 39.8 Å². The Balaban J connectivity index is 2.30. The van der Waals surface area contributed by atoms with Gasteiger partial charge in [0.25, 0.3) is 0 Å². The van der Waals surface area contributed by atoms with Gasteiger partial charge >= 0.3 is 6.18 Å². The number of rotatable bonds is 6. The molecule has 1 aromatic carbocycles. The Morgan fingerprint density at radius 1 is 1.24 bits per heavy atom. The van der Waals surface area contributed by atoms with Gasteiger partial charge < -0.3 is 5.32 Å². The number of aromatic nitrogens is 3. The molecule has 0 spiro atoms. The van der Waals surface area contributed by atoms with E-state index in [1.807, 2.05) is 13.8 Å². The van der Waals surface area contributed by atoms with Crippen LogP contribution >= 0.6 is 0 Å². The van der Waals surface area contributed by atoms with Gasteiger partial charge in [0.2, 0.25) is 5.91 Å². The molecule has 1 amide bonds. The Morgan fingerprint density at radius 3 is 2.40 bits per heavy atom. The summed E-state index contributed by atoms with van der Waals surface area (Å²) in [5.74, 6) is 1.44. The largest absolute Gasteiger partial charge is 0.416 e. The third kappa shape index (κ3) is 5.30. The molecule has 5 nitrogen and oxygen atoms in total. The van der Waals surface area contributed by atoms with Crippen molar-refractivity contribution in [3.05, 3.63) is 41.5 Å². The minimum atomic E-state index is -4.38. The minimum absolute atomic E-state index is 0.150. The number of alkyl halides is 3. The van der Waals surface area contributed by atoms with Crippen LogP contribution in [0.5, 0.6) is 0 Å². The highest BCUT2D eigenvalue weighted by atomic mass is 19.4. The molecule has 0 saturated carbocycles. The van der Waals surface area contributed by atoms with E-state index in [0.29, 0.717) is 42.6 Å². The van der Waals surface area contributed by atoms with E-state index in [2.05, 4.69) is 15.4 Å². The monoisotopic (exact) mass is 354 g/mol. The van der Waals surface area contributed by atoms with E-state index in [-0.39, 0.29) is 5.91 Å². The topological polar surface area (TPSA) is 59.8 Å². The maximum absolute atomic E-state index is 12.7. The van der Waals surface area contributed by atoms with Crippen molar-refractivity contribution >= 4 is 5.91 Å². The fourth-order valence-electron chi connectivity index (χ4n) is 2.35. The fraction of sp³-hybridized carbons (Fsp3) is 0.471. The lowest BCUT2D eigenvalue weighted by molar-refractivity contribution is -0.137.